The van der Waals surface area contributed by atoms with Crippen molar-refractivity contribution in [2.45, 2.75) is 32.3 Å². The van der Waals surface area contributed by atoms with E-state index in [4.69, 9.17) is 4.74 Å². The quantitative estimate of drug-likeness (QED) is 0.566. The molecule has 0 amide bonds. The third-order valence-electron chi connectivity index (χ3n) is 1.13. The molecule has 0 heterocycles. The molecule has 0 saturated heterocycles. The Bertz CT molecular complexity index is 118. The highest BCUT2D eigenvalue weighted by atomic mass is 16.7. The Kier molecular flexibility index (Phi) is 2.54. The first-order valence-electron chi connectivity index (χ1n) is 3.52. The number of rotatable bonds is 3. The Morgan fingerprint density at radius 2 is 2.40 bits per heavy atom. The average molecular weight is 143 g/mol. The molecule has 0 aromatic carbocycles. The molecule has 1 aliphatic rings. The lowest BCUT2D eigenvalue weighted by Crippen LogP contribution is -2.06. The molecule has 0 bridgehead atoms. The van der Waals surface area contributed by atoms with Crippen LogP contribution in [0.3, 0.4) is 0 Å². The number of carbonyl (C=O) groups is 1. The molecule has 3 nitrogen and oxygen atoms in total. The molecular formula is C7H11O3. The normalized spacial score (nSPS) is 16.5. The fourth-order valence-electron chi connectivity index (χ4n) is 0.501. The summed E-state index contributed by atoms with van der Waals surface area (Å²) in [7, 11) is 0. The van der Waals surface area contributed by atoms with Gasteiger partial charge in [-0.2, -0.15) is 0 Å². The highest BCUT2D eigenvalue weighted by Gasteiger charge is 2.26. The van der Waals surface area contributed by atoms with E-state index in [0.717, 1.165) is 19.3 Å². The second kappa shape index (κ2) is 3.44. The first-order chi connectivity index (χ1) is 4.83. The summed E-state index contributed by atoms with van der Waals surface area (Å²) in [6.07, 6.45) is 2.27. The van der Waals surface area contributed by atoms with E-state index >= 15 is 0 Å². The minimum absolute atomic E-state index is 0.137. The Balaban J connectivity index is 1.97. The van der Waals surface area contributed by atoms with Crippen LogP contribution in [0.1, 0.15) is 26.2 Å². The maximum atomic E-state index is 10.6. The fraction of sp³-hybridized carbons (Fsp3) is 0.714. The zero-order valence-electron chi connectivity index (χ0n) is 6.00. The van der Waals surface area contributed by atoms with Crippen molar-refractivity contribution in [2.24, 2.45) is 0 Å². The van der Waals surface area contributed by atoms with Gasteiger partial charge in [0.25, 0.3) is 0 Å². The minimum atomic E-state index is -0.565. The van der Waals surface area contributed by atoms with Crippen LogP contribution in [0, 0.1) is 6.61 Å². The fourth-order valence-corrected chi connectivity index (χ4v) is 0.501. The molecule has 0 spiro atoms. The predicted octanol–water partition coefficient (Wildman–Crippen LogP) is 1.87. The van der Waals surface area contributed by atoms with Gasteiger partial charge in [-0.05, 0) is 19.3 Å². The van der Waals surface area contributed by atoms with Crippen molar-refractivity contribution < 1.29 is 14.3 Å². The van der Waals surface area contributed by atoms with Crippen LogP contribution in [0.2, 0.25) is 0 Å². The highest BCUT2D eigenvalue weighted by Crippen LogP contribution is 2.23. The second-order valence-corrected chi connectivity index (χ2v) is 2.26. The molecule has 3 heteroatoms. The van der Waals surface area contributed by atoms with Crippen molar-refractivity contribution in [3.8, 4) is 0 Å². The van der Waals surface area contributed by atoms with Crippen molar-refractivity contribution in [2.75, 3.05) is 0 Å². The summed E-state index contributed by atoms with van der Waals surface area (Å²) in [4.78, 5) is 10.6. The van der Waals surface area contributed by atoms with Gasteiger partial charge in [0.2, 0.25) is 0 Å². The highest BCUT2D eigenvalue weighted by molar-refractivity contribution is 5.60. The molecule has 1 saturated carbocycles. The van der Waals surface area contributed by atoms with E-state index in [9.17, 15) is 4.79 Å². The first kappa shape index (κ1) is 7.38. The van der Waals surface area contributed by atoms with E-state index in [1.807, 2.05) is 6.92 Å². The smallest absolute Gasteiger partial charge is 0.431 e. The van der Waals surface area contributed by atoms with E-state index in [-0.39, 0.29) is 6.10 Å². The molecule has 0 aromatic heterocycles. The number of carbonyl (C=O) groups excluding carboxylic acids is 1. The van der Waals surface area contributed by atoms with Crippen molar-refractivity contribution >= 4 is 6.16 Å². The van der Waals surface area contributed by atoms with Crippen molar-refractivity contribution in [3.05, 3.63) is 6.61 Å². The van der Waals surface area contributed by atoms with Gasteiger partial charge < -0.3 is 9.47 Å². The van der Waals surface area contributed by atoms with Gasteiger partial charge in [0.1, 0.15) is 12.7 Å². The Morgan fingerprint density at radius 3 is 2.90 bits per heavy atom. The summed E-state index contributed by atoms with van der Waals surface area (Å²) < 4.78 is 9.33. The Morgan fingerprint density at radius 1 is 1.70 bits per heavy atom. The van der Waals surface area contributed by atoms with Crippen LogP contribution >= 0.6 is 0 Å². The monoisotopic (exact) mass is 143 g/mol. The third-order valence-corrected chi connectivity index (χ3v) is 1.13. The molecule has 1 rings (SSSR count). The van der Waals surface area contributed by atoms with Crippen LogP contribution in [0.5, 0.6) is 0 Å². The number of ether oxygens (including phenoxy) is 2. The van der Waals surface area contributed by atoms with Gasteiger partial charge in [-0.25, -0.2) is 4.79 Å². The van der Waals surface area contributed by atoms with Gasteiger partial charge in [-0.15, -0.1) is 0 Å². The largest absolute Gasteiger partial charge is 0.508 e. The Hall–Kier alpha value is -0.730. The van der Waals surface area contributed by atoms with Crippen LogP contribution in [0.15, 0.2) is 0 Å². The summed E-state index contributed by atoms with van der Waals surface area (Å²) in [6, 6.07) is 0. The van der Waals surface area contributed by atoms with Gasteiger partial charge in [0.15, 0.2) is 0 Å². The molecule has 1 aliphatic carbocycles. The van der Waals surface area contributed by atoms with E-state index in [1.54, 1.807) is 0 Å². The number of hydrogen-bond donors (Lipinski definition) is 0. The first-order valence-corrected chi connectivity index (χ1v) is 3.52. The third kappa shape index (κ3) is 2.71. The summed E-state index contributed by atoms with van der Waals surface area (Å²) in [5, 5.41) is 0. The topological polar surface area (TPSA) is 35.5 Å². The predicted molar refractivity (Wildman–Crippen MR) is 35.2 cm³/mol. The molecule has 0 aliphatic heterocycles. The molecule has 0 N–H and O–H groups in total. The Labute approximate surface area is 60.3 Å². The summed E-state index contributed by atoms with van der Waals surface area (Å²) in [5.74, 6) is 0. The molecule has 0 aromatic rings. The van der Waals surface area contributed by atoms with E-state index in [2.05, 4.69) is 4.74 Å². The molecule has 1 fully saturated rings. The summed E-state index contributed by atoms with van der Waals surface area (Å²) >= 11 is 0. The van der Waals surface area contributed by atoms with Crippen molar-refractivity contribution in [3.63, 3.8) is 0 Å². The van der Waals surface area contributed by atoms with E-state index in [0.29, 0.717) is 0 Å². The van der Waals surface area contributed by atoms with Crippen LogP contribution in [-0.2, 0) is 9.47 Å². The van der Waals surface area contributed by atoms with Crippen molar-refractivity contribution in [1.29, 1.82) is 0 Å². The van der Waals surface area contributed by atoms with Gasteiger partial charge in [-0.1, -0.05) is 6.92 Å². The summed E-state index contributed by atoms with van der Waals surface area (Å²) in [6.45, 7) is 3.33. The minimum Gasteiger partial charge on any atom is -0.431 e. The lowest BCUT2D eigenvalue weighted by molar-refractivity contribution is 0.0667. The number of hydrogen-bond acceptors (Lipinski definition) is 3. The van der Waals surface area contributed by atoms with Gasteiger partial charge in [-0.3, -0.25) is 0 Å². The van der Waals surface area contributed by atoms with Gasteiger partial charge >= 0.3 is 6.16 Å². The van der Waals surface area contributed by atoms with Crippen LogP contribution in [-0.4, -0.2) is 12.3 Å². The summed E-state index contributed by atoms with van der Waals surface area (Å²) in [5.41, 5.74) is 0. The van der Waals surface area contributed by atoms with Crippen molar-refractivity contribution in [1.82, 2.24) is 0 Å². The van der Waals surface area contributed by atoms with Crippen LogP contribution in [0.25, 0.3) is 0 Å². The zero-order valence-corrected chi connectivity index (χ0v) is 6.00. The molecule has 57 valence electrons. The standard InChI is InChI=1S/C7H11O3/c1-2-5-9-7(8)10-6-3-4-6/h5-6H,2-4H2,1H3. The molecular weight excluding hydrogens is 132 g/mol. The van der Waals surface area contributed by atoms with E-state index < -0.39 is 6.16 Å². The lowest BCUT2D eigenvalue weighted by atomic mass is 10.5. The van der Waals surface area contributed by atoms with Gasteiger partial charge in [0, 0.05) is 0 Å². The average Bonchev–Trinajstić information content (AvgIpc) is 2.67. The molecule has 10 heavy (non-hydrogen) atoms. The molecule has 0 unspecified atom stereocenters. The van der Waals surface area contributed by atoms with Crippen LogP contribution < -0.4 is 0 Å². The van der Waals surface area contributed by atoms with Gasteiger partial charge in [0.05, 0.1) is 0 Å². The maximum absolute atomic E-state index is 10.6. The van der Waals surface area contributed by atoms with Crippen LogP contribution in [0.4, 0.5) is 4.79 Å². The maximum Gasteiger partial charge on any atom is 0.508 e. The zero-order chi connectivity index (χ0) is 7.40. The second-order valence-electron chi connectivity index (χ2n) is 2.26. The SMILES string of the molecule is CC[CH]OC(=O)OC1CC1. The lowest BCUT2D eigenvalue weighted by Gasteiger charge is -2.01. The van der Waals surface area contributed by atoms with E-state index in [1.165, 1.54) is 6.61 Å². The molecule has 1 radical (unpaired) electrons. The molecule has 0 atom stereocenters.